The molecule has 3 heterocycles. The summed E-state index contributed by atoms with van der Waals surface area (Å²) in [6.07, 6.45) is 0. The van der Waals surface area contributed by atoms with Crippen LogP contribution < -0.4 is 0 Å². The molecule has 0 amide bonds. The largest absolute Gasteiger partial charge is 0.297 e. The van der Waals surface area contributed by atoms with Gasteiger partial charge in [0.25, 0.3) is 11.6 Å². The zero-order chi connectivity index (χ0) is 22.9. The zero-order valence-corrected chi connectivity index (χ0v) is 19.0. The molecular formula is C23H24N6O3S. The molecule has 2 atom stereocenters. The highest BCUT2D eigenvalue weighted by Crippen LogP contribution is 2.41. The maximum atomic E-state index is 13.2. The van der Waals surface area contributed by atoms with Crippen LogP contribution in [-0.4, -0.2) is 66.8 Å². The molecule has 170 valence electrons. The average Bonchev–Trinajstić information content (AvgIpc) is 3.33. The van der Waals surface area contributed by atoms with Gasteiger partial charge < -0.3 is 0 Å². The van der Waals surface area contributed by atoms with Crippen molar-refractivity contribution in [1.29, 1.82) is 0 Å². The van der Waals surface area contributed by atoms with Crippen LogP contribution in [0.15, 0.2) is 59.8 Å². The van der Waals surface area contributed by atoms with E-state index < -0.39 is 10.2 Å². The maximum Gasteiger partial charge on any atom is 0.269 e. The molecule has 2 aliphatic rings. The van der Waals surface area contributed by atoms with E-state index in [2.05, 4.69) is 44.1 Å². The molecule has 1 fully saturated rings. The number of aryl methyl sites for hydroxylation is 1. The van der Waals surface area contributed by atoms with E-state index in [4.69, 9.17) is 0 Å². The lowest BCUT2D eigenvalue weighted by molar-refractivity contribution is -0.384. The molecule has 5 rings (SSSR count). The summed E-state index contributed by atoms with van der Waals surface area (Å²) < 4.78 is 1.40. The first-order chi connectivity index (χ1) is 16.0. The van der Waals surface area contributed by atoms with Crippen molar-refractivity contribution in [3.63, 3.8) is 0 Å². The third kappa shape index (κ3) is 4.41. The van der Waals surface area contributed by atoms with Gasteiger partial charge in [0, 0.05) is 44.9 Å². The molecular weight excluding hydrogens is 440 g/mol. The fourth-order valence-corrected chi connectivity index (χ4v) is 5.81. The highest BCUT2D eigenvalue weighted by molar-refractivity contribution is 8.00. The second-order valence-electron chi connectivity index (χ2n) is 8.32. The van der Waals surface area contributed by atoms with Crippen molar-refractivity contribution >= 4 is 23.4 Å². The summed E-state index contributed by atoms with van der Waals surface area (Å²) in [6, 6.07) is 16.7. The standard InChI is InChI=1S/C23H24N6O3S/c1-16-24-23-28(25-16)22(30)21(33-23)20(18-7-9-19(10-8-18)29(31)32)27-13-11-26(12-14-27)15-17-5-3-2-4-6-17/h2-10,20-21H,11-15H2,1H3. The summed E-state index contributed by atoms with van der Waals surface area (Å²) in [5.41, 5.74) is 2.22. The topological polar surface area (TPSA) is 97.4 Å². The van der Waals surface area contributed by atoms with Crippen LogP contribution in [0.5, 0.6) is 0 Å². The second-order valence-corrected chi connectivity index (χ2v) is 9.43. The van der Waals surface area contributed by atoms with Gasteiger partial charge in [0.2, 0.25) is 0 Å². The predicted molar refractivity (Wildman–Crippen MR) is 124 cm³/mol. The highest BCUT2D eigenvalue weighted by Gasteiger charge is 2.43. The Bertz CT molecular complexity index is 1160. The Morgan fingerprint density at radius 1 is 1.09 bits per heavy atom. The fraction of sp³-hybridized carbons (Fsp3) is 0.348. The summed E-state index contributed by atoms with van der Waals surface area (Å²) in [5.74, 6) is 0.483. The molecule has 2 aromatic carbocycles. The Morgan fingerprint density at radius 2 is 1.79 bits per heavy atom. The van der Waals surface area contributed by atoms with Crippen molar-refractivity contribution < 1.29 is 9.72 Å². The summed E-state index contributed by atoms with van der Waals surface area (Å²) in [4.78, 5) is 33.1. The van der Waals surface area contributed by atoms with Crippen molar-refractivity contribution in [2.45, 2.75) is 29.9 Å². The molecule has 0 saturated carbocycles. The van der Waals surface area contributed by atoms with E-state index in [1.165, 1.54) is 34.1 Å². The van der Waals surface area contributed by atoms with E-state index in [1.807, 2.05) is 6.07 Å². The summed E-state index contributed by atoms with van der Waals surface area (Å²) in [6.45, 7) is 6.03. The van der Waals surface area contributed by atoms with Crippen LogP contribution in [0.2, 0.25) is 0 Å². The molecule has 1 aromatic heterocycles. The van der Waals surface area contributed by atoms with Crippen LogP contribution in [0.25, 0.3) is 0 Å². The smallest absolute Gasteiger partial charge is 0.269 e. The number of carbonyl (C=O) groups excluding carboxylic acids is 1. The molecule has 0 N–H and O–H groups in total. The molecule has 9 nitrogen and oxygen atoms in total. The van der Waals surface area contributed by atoms with E-state index in [9.17, 15) is 14.9 Å². The first-order valence-corrected chi connectivity index (χ1v) is 11.8. The van der Waals surface area contributed by atoms with E-state index in [1.54, 1.807) is 19.1 Å². The van der Waals surface area contributed by atoms with E-state index in [0.29, 0.717) is 11.0 Å². The van der Waals surface area contributed by atoms with E-state index in [0.717, 1.165) is 38.3 Å². The quantitative estimate of drug-likeness (QED) is 0.405. The highest BCUT2D eigenvalue weighted by atomic mass is 32.2. The number of non-ortho nitro benzene ring substituents is 1. The van der Waals surface area contributed by atoms with Crippen LogP contribution in [0, 0.1) is 17.0 Å². The number of nitro benzene ring substituents is 1. The van der Waals surface area contributed by atoms with Crippen molar-refractivity contribution in [2.75, 3.05) is 26.2 Å². The Balaban J connectivity index is 1.37. The van der Waals surface area contributed by atoms with Crippen LogP contribution in [0.4, 0.5) is 5.69 Å². The molecule has 0 bridgehead atoms. The van der Waals surface area contributed by atoms with Crippen molar-refractivity contribution in [1.82, 2.24) is 24.6 Å². The lowest BCUT2D eigenvalue weighted by Crippen LogP contribution is -2.50. The molecule has 33 heavy (non-hydrogen) atoms. The molecule has 0 spiro atoms. The Labute approximate surface area is 195 Å². The lowest BCUT2D eigenvalue weighted by atomic mass is 9.99. The molecule has 2 unspecified atom stereocenters. The number of hydrogen-bond acceptors (Lipinski definition) is 8. The van der Waals surface area contributed by atoms with Gasteiger partial charge in [-0.3, -0.25) is 24.7 Å². The second kappa shape index (κ2) is 9.05. The monoisotopic (exact) mass is 464 g/mol. The minimum absolute atomic E-state index is 0.0424. The summed E-state index contributed by atoms with van der Waals surface area (Å²) >= 11 is 1.43. The van der Waals surface area contributed by atoms with Crippen LogP contribution in [0.3, 0.4) is 0 Å². The van der Waals surface area contributed by atoms with Gasteiger partial charge in [0.1, 0.15) is 11.1 Å². The third-order valence-corrected chi connectivity index (χ3v) is 7.34. The fourth-order valence-electron chi connectivity index (χ4n) is 4.51. The van der Waals surface area contributed by atoms with Gasteiger partial charge in [-0.2, -0.15) is 4.68 Å². The maximum absolute atomic E-state index is 13.2. The Hall–Kier alpha value is -3.08. The van der Waals surface area contributed by atoms with Gasteiger partial charge in [-0.05, 0) is 18.1 Å². The van der Waals surface area contributed by atoms with E-state index in [-0.39, 0.29) is 17.6 Å². The number of nitrogens with zero attached hydrogens (tertiary/aromatic N) is 6. The number of nitro groups is 1. The Kier molecular flexibility index (Phi) is 5.96. The number of fused-ring (bicyclic) bond motifs is 1. The number of thioether (sulfide) groups is 1. The predicted octanol–water partition coefficient (Wildman–Crippen LogP) is 3.17. The van der Waals surface area contributed by atoms with Crippen LogP contribution in [-0.2, 0) is 6.54 Å². The van der Waals surface area contributed by atoms with Gasteiger partial charge in [0.15, 0.2) is 5.16 Å². The SMILES string of the molecule is Cc1nc2n(n1)C(=O)C(C(c1ccc([N+](=O)[O-])cc1)N1CCN(Cc3ccccc3)CC1)S2. The molecule has 0 radical (unpaired) electrons. The van der Waals surface area contributed by atoms with Gasteiger partial charge in [-0.15, -0.1) is 5.10 Å². The van der Waals surface area contributed by atoms with Crippen molar-refractivity contribution in [3.05, 3.63) is 81.7 Å². The molecule has 10 heteroatoms. The normalized spacial score (nSPS) is 20.0. The Morgan fingerprint density at radius 3 is 2.42 bits per heavy atom. The number of carbonyl (C=O) groups is 1. The molecule has 1 saturated heterocycles. The number of piperazine rings is 1. The van der Waals surface area contributed by atoms with Gasteiger partial charge in [-0.1, -0.05) is 54.2 Å². The third-order valence-electron chi connectivity index (χ3n) is 6.15. The van der Waals surface area contributed by atoms with Gasteiger partial charge >= 0.3 is 0 Å². The first-order valence-electron chi connectivity index (χ1n) is 10.9. The summed E-state index contributed by atoms with van der Waals surface area (Å²) in [7, 11) is 0. The zero-order valence-electron chi connectivity index (χ0n) is 18.2. The number of benzene rings is 2. The lowest BCUT2D eigenvalue weighted by Gasteiger charge is -2.40. The molecule has 2 aliphatic heterocycles. The average molecular weight is 465 g/mol. The molecule has 0 aliphatic carbocycles. The first kappa shape index (κ1) is 21.7. The molecule has 3 aromatic rings. The van der Waals surface area contributed by atoms with Crippen molar-refractivity contribution in [3.8, 4) is 0 Å². The summed E-state index contributed by atoms with van der Waals surface area (Å²) in [5, 5.41) is 15.6. The van der Waals surface area contributed by atoms with Crippen molar-refractivity contribution in [2.24, 2.45) is 0 Å². The minimum Gasteiger partial charge on any atom is -0.297 e. The van der Waals surface area contributed by atoms with Crippen LogP contribution >= 0.6 is 11.8 Å². The number of aromatic nitrogens is 3. The van der Waals surface area contributed by atoms with Crippen LogP contribution in [0.1, 0.15) is 27.8 Å². The number of hydrogen-bond donors (Lipinski definition) is 0. The number of rotatable bonds is 6. The minimum atomic E-state index is -0.404. The van der Waals surface area contributed by atoms with Gasteiger partial charge in [0.05, 0.1) is 11.0 Å². The van der Waals surface area contributed by atoms with Gasteiger partial charge in [-0.25, -0.2) is 4.98 Å². The van der Waals surface area contributed by atoms with E-state index >= 15 is 0 Å².